The fourth-order valence-electron chi connectivity index (χ4n) is 3.22. The summed E-state index contributed by atoms with van der Waals surface area (Å²) >= 11 is 1.74. The molecule has 28 heavy (non-hydrogen) atoms. The Morgan fingerprint density at radius 2 is 2.07 bits per heavy atom. The van der Waals surface area contributed by atoms with Gasteiger partial charge in [0.1, 0.15) is 0 Å². The molecule has 3 rings (SSSR count). The summed E-state index contributed by atoms with van der Waals surface area (Å²) < 4.78 is 27.0. The van der Waals surface area contributed by atoms with Gasteiger partial charge in [-0.2, -0.15) is 0 Å². The van der Waals surface area contributed by atoms with E-state index in [0.717, 1.165) is 30.6 Å². The number of rotatable bonds is 7. The molecule has 0 radical (unpaired) electrons. The van der Waals surface area contributed by atoms with E-state index in [0.29, 0.717) is 19.0 Å². The molecule has 0 saturated heterocycles. The van der Waals surface area contributed by atoms with Crippen LogP contribution in [-0.2, 0) is 22.9 Å². The van der Waals surface area contributed by atoms with Gasteiger partial charge in [-0.3, -0.25) is 9.30 Å². The number of nitrogens with zero attached hydrogens (tertiary/aromatic N) is 3. The van der Waals surface area contributed by atoms with E-state index < -0.39 is 10.0 Å². The number of nitrogens with one attached hydrogen (secondary N) is 1. The summed E-state index contributed by atoms with van der Waals surface area (Å²) in [6, 6.07) is 11.9. The lowest BCUT2D eigenvalue weighted by Crippen LogP contribution is -2.43. The summed E-state index contributed by atoms with van der Waals surface area (Å²) in [5, 5.41) is 5.25. The van der Waals surface area contributed by atoms with Gasteiger partial charge in [0.15, 0.2) is 5.96 Å². The number of halogens is 1. The average molecular weight is 534 g/mol. The molecule has 2 heterocycles. The van der Waals surface area contributed by atoms with Crippen LogP contribution in [0.2, 0.25) is 0 Å². The second-order valence-corrected chi connectivity index (χ2v) is 9.54. The van der Waals surface area contributed by atoms with Crippen LogP contribution in [0.15, 0.2) is 46.8 Å². The molecular formula is C19H27IN4O2S2. The highest BCUT2D eigenvalue weighted by Crippen LogP contribution is 2.29. The van der Waals surface area contributed by atoms with E-state index >= 15 is 0 Å². The first-order valence-corrected chi connectivity index (χ1v) is 11.5. The Morgan fingerprint density at radius 1 is 1.29 bits per heavy atom. The van der Waals surface area contributed by atoms with Gasteiger partial charge in [-0.15, -0.1) is 35.3 Å². The third-order valence-electron chi connectivity index (χ3n) is 4.67. The summed E-state index contributed by atoms with van der Waals surface area (Å²) in [6.45, 7) is 1.68. The molecule has 1 aromatic carbocycles. The zero-order valence-electron chi connectivity index (χ0n) is 16.2. The van der Waals surface area contributed by atoms with E-state index in [9.17, 15) is 8.42 Å². The Kier molecular flexibility index (Phi) is 8.56. The number of sulfonamides is 1. The predicted octanol–water partition coefficient (Wildman–Crippen LogP) is 2.81. The minimum atomic E-state index is -3.35. The third-order valence-corrected chi connectivity index (χ3v) is 7.38. The number of fused-ring (bicyclic) bond motifs is 1. The molecule has 9 heteroatoms. The highest BCUT2D eigenvalue weighted by atomic mass is 127. The van der Waals surface area contributed by atoms with Gasteiger partial charge in [0.25, 0.3) is 0 Å². The summed E-state index contributed by atoms with van der Waals surface area (Å²) in [5.74, 6) is 0.752. The summed E-state index contributed by atoms with van der Waals surface area (Å²) in [5.41, 5.74) is 1.91. The molecule has 0 amide bonds. The maximum Gasteiger partial charge on any atom is 0.236 e. The van der Waals surface area contributed by atoms with Crippen LogP contribution < -0.4 is 9.62 Å². The molecule has 0 fully saturated rings. The lowest BCUT2D eigenvalue weighted by atomic mass is 10.2. The van der Waals surface area contributed by atoms with E-state index in [1.54, 1.807) is 18.4 Å². The topological polar surface area (TPSA) is 65.0 Å². The molecule has 2 aromatic rings. The Labute approximate surface area is 188 Å². The minimum Gasteiger partial charge on any atom is -0.355 e. The van der Waals surface area contributed by atoms with Gasteiger partial charge in [-0.1, -0.05) is 24.3 Å². The summed E-state index contributed by atoms with van der Waals surface area (Å²) in [7, 11) is 0.332. The average Bonchev–Trinajstić information content (AvgIpc) is 3.32. The van der Waals surface area contributed by atoms with Crippen molar-refractivity contribution in [2.75, 3.05) is 43.8 Å². The largest absolute Gasteiger partial charge is 0.355 e. The van der Waals surface area contributed by atoms with E-state index in [-0.39, 0.29) is 29.7 Å². The van der Waals surface area contributed by atoms with Crippen molar-refractivity contribution in [3.05, 3.63) is 52.2 Å². The maximum atomic E-state index is 12.8. The number of thiophene rings is 1. The first-order valence-electron chi connectivity index (χ1n) is 9.04. The Bertz CT molecular complexity index is 885. The van der Waals surface area contributed by atoms with Crippen LogP contribution in [0.25, 0.3) is 0 Å². The lowest BCUT2D eigenvalue weighted by molar-refractivity contribution is 0.488. The van der Waals surface area contributed by atoms with Crippen molar-refractivity contribution < 1.29 is 8.42 Å². The normalized spacial score (nSPS) is 13.8. The van der Waals surface area contributed by atoms with Crippen LogP contribution in [-0.4, -0.2) is 58.8 Å². The highest BCUT2D eigenvalue weighted by Gasteiger charge is 2.28. The first kappa shape index (κ1) is 23.0. The molecule has 1 aromatic heterocycles. The van der Waals surface area contributed by atoms with Crippen LogP contribution in [0.3, 0.4) is 0 Å². The maximum absolute atomic E-state index is 12.8. The van der Waals surface area contributed by atoms with Gasteiger partial charge in [0.05, 0.1) is 11.4 Å². The second kappa shape index (κ2) is 10.4. The van der Waals surface area contributed by atoms with E-state index in [2.05, 4.69) is 27.8 Å². The van der Waals surface area contributed by atoms with Gasteiger partial charge in [0, 0.05) is 38.6 Å². The van der Waals surface area contributed by atoms with Crippen molar-refractivity contribution in [1.82, 2.24) is 10.2 Å². The minimum absolute atomic E-state index is 0. The van der Waals surface area contributed by atoms with Crippen molar-refractivity contribution in [3.63, 3.8) is 0 Å². The van der Waals surface area contributed by atoms with Crippen molar-refractivity contribution >= 4 is 57.0 Å². The van der Waals surface area contributed by atoms with Gasteiger partial charge in [0.2, 0.25) is 10.0 Å². The number of likely N-dealkylation sites (N-methyl/N-ethyl adjacent to an activating group) is 1. The molecule has 0 bridgehead atoms. The molecular weight excluding hydrogens is 507 g/mol. The SMILES string of the molecule is CN=C(NCCS(=O)(=O)N1CCc2ccccc21)N(C)CCc1cccs1.I. The molecule has 1 N–H and O–H groups in total. The molecule has 154 valence electrons. The molecule has 0 saturated carbocycles. The molecule has 0 aliphatic carbocycles. The quantitative estimate of drug-likeness (QED) is 0.337. The van der Waals surface area contributed by atoms with Crippen molar-refractivity contribution in [2.45, 2.75) is 12.8 Å². The lowest BCUT2D eigenvalue weighted by Gasteiger charge is -2.23. The van der Waals surface area contributed by atoms with E-state index in [1.165, 1.54) is 9.18 Å². The van der Waals surface area contributed by atoms with E-state index in [1.807, 2.05) is 36.2 Å². The Morgan fingerprint density at radius 3 is 2.79 bits per heavy atom. The number of hydrogen-bond donors (Lipinski definition) is 1. The second-order valence-electron chi connectivity index (χ2n) is 6.49. The van der Waals surface area contributed by atoms with Crippen molar-refractivity contribution in [2.24, 2.45) is 4.99 Å². The summed E-state index contributed by atoms with van der Waals surface area (Å²) in [4.78, 5) is 7.62. The molecule has 1 aliphatic rings. The van der Waals surface area contributed by atoms with Gasteiger partial charge in [-0.25, -0.2) is 8.42 Å². The Balaban J connectivity index is 0.00000280. The Hall–Kier alpha value is -1.33. The smallest absolute Gasteiger partial charge is 0.236 e. The van der Waals surface area contributed by atoms with Crippen molar-refractivity contribution in [1.29, 1.82) is 0 Å². The van der Waals surface area contributed by atoms with Crippen LogP contribution in [0.4, 0.5) is 5.69 Å². The summed E-state index contributed by atoms with van der Waals surface area (Å²) in [6.07, 6.45) is 1.72. The number of guanidine groups is 1. The number of anilines is 1. The van der Waals surface area contributed by atoms with Gasteiger partial charge >= 0.3 is 0 Å². The number of hydrogen-bond acceptors (Lipinski definition) is 4. The van der Waals surface area contributed by atoms with E-state index in [4.69, 9.17) is 0 Å². The third kappa shape index (κ3) is 5.60. The van der Waals surface area contributed by atoms with Crippen LogP contribution >= 0.6 is 35.3 Å². The molecule has 0 spiro atoms. The monoisotopic (exact) mass is 534 g/mol. The van der Waals surface area contributed by atoms with Gasteiger partial charge in [-0.05, 0) is 35.9 Å². The fourth-order valence-corrected chi connectivity index (χ4v) is 5.35. The standard InChI is InChI=1S/C19H26N4O2S2.HI/c1-20-19(22(2)12-10-17-7-5-14-26-17)21-11-15-27(24,25)23-13-9-16-6-3-4-8-18(16)23;/h3-8,14H,9-13,15H2,1-2H3,(H,20,21);1H. The predicted molar refractivity (Wildman–Crippen MR) is 129 cm³/mol. The van der Waals surface area contributed by atoms with Crippen molar-refractivity contribution in [3.8, 4) is 0 Å². The number of benzene rings is 1. The van der Waals surface area contributed by atoms with Crippen LogP contribution in [0.5, 0.6) is 0 Å². The van der Waals surface area contributed by atoms with Crippen LogP contribution in [0, 0.1) is 0 Å². The zero-order chi connectivity index (χ0) is 19.3. The number of aliphatic imine (C=N–C) groups is 1. The molecule has 0 atom stereocenters. The number of para-hydroxylation sites is 1. The molecule has 6 nitrogen and oxygen atoms in total. The first-order chi connectivity index (χ1) is 13.0. The van der Waals surface area contributed by atoms with Gasteiger partial charge < -0.3 is 10.2 Å². The van der Waals surface area contributed by atoms with Crippen LogP contribution in [0.1, 0.15) is 10.4 Å². The molecule has 1 aliphatic heterocycles. The zero-order valence-corrected chi connectivity index (χ0v) is 20.1. The highest BCUT2D eigenvalue weighted by molar-refractivity contribution is 14.0. The fraction of sp³-hybridized carbons (Fsp3) is 0.421. The molecule has 0 unspecified atom stereocenters.